The number of allylic oxidation sites excluding steroid dienone is 3. The van der Waals surface area contributed by atoms with Crippen molar-refractivity contribution in [2.24, 2.45) is 22.7 Å². The smallest absolute Gasteiger partial charge is 0.0833 e. The van der Waals surface area contributed by atoms with Crippen LogP contribution in [-0.2, 0) is 0 Å². The van der Waals surface area contributed by atoms with E-state index < -0.39 is 5.60 Å². The number of nitrogens with zero attached hydrogens (tertiary/aromatic N) is 1. The highest BCUT2D eigenvalue weighted by atomic mass is 16.3. The summed E-state index contributed by atoms with van der Waals surface area (Å²) in [6, 6.07) is 0. The zero-order valence-corrected chi connectivity index (χ0v) is 17.8. The van der Waals surface area contributed by atoms with E-state index in [9.17, 15) is 10.2 Å². The lowest BCUT2D eigenvalue weighted by molar-refractivity contribution is -0.0989. The van der Waals surface area contributed by atoms with Gasteiger partial charge >= 0.3 is 0 Å². The molecule has 4 aliphatic carbocycles. The fourth-order valence-electron chi connectivity index (χ4n) is 7.26. The summed E-state index contributed by atoms with van der Waals surface area (Å²) in [5.74, 6) is 1.12. The van der Waals surface area contributed by atoms with Crippen LogP contribution in [0.1, 0.15) is 72.1 Å². The van der Waals surface area contributed by atoms with Gasteiger partial charge in [-0.15, -0.1) is 0 Å². The van der Waals surface area contributed by atoms with Gasteiger partial charge in [0.1, 0.15) is 0 Å². The van der Waals surface area contributed by atoms with Crippen molar-refractivity contribution < 1.29 is 10.2 Å². The van der Waals surface area contributed by atoms with Crippen LogP contribution in [0.25, 0.3) is 0 Å². The number of aliphatic hydroxyl groups is 2. The summed E-state index contributed by atoms with van der Waals surface area (Å²) in [7, 11) is 2.16. The van der Waals surface area contributed by atoms with Crippen LogP contribution >= 0.6 is 0 Å². The Balaban J connectivity index is 1.63. The molecule has 0 aliphatic heterocycles. The first-order valence-electron chi connectivity index (χ1n) is 11.2. The van der Waals surface area contributed by atoms with Crippen LogP contribution in [0.2, 0.25) is 0 Å². The Morgan fingerprint density at radius 1 is 1.07 bits per heavy atom. The van der Waals surface area contributed by atoms with E-state index in [0.29, 0.717) is 11.8 Å². The van der Waals surface area contributed by atoms with Gasteiger partial charge < -0.3 is 15.1 Å². The Morgan fingerprint density at radius 3 is 2.56 bits per heavy atom. The molecule has 3 heteroatoms. The minimum absolute atomic E-state index is 0.00673. The normalized spacial score (nSPS) is 46.4. The third-order valence-electron chi connectivity index (χ3n) is 9.00. The minimum atomic E-state index is -0.568. The van der Waals surface area contributed by atoms with Gasteiger partial charge in [0.05, 0.1) is 11.7 Å². The number of fused-ring (bicyclic) bond motifs is 5. The molecule has 0 radical (unpaired) electrons. The molecular weight excluding hydrogens is 334 g/mol. The SMILES string of the molecule is CCCN(C)CC1(O)CCC2C3=CC=C4CC(O)CCC4(C)C3CCC21C. The average Bonchev–Trinajstić information content (AvgIpc) is 2.87. The van der Waals surface area contributed by atoms with Gasteiger partial charge in [0, 0.05) is 12.0 Å². The highest BCUT2D eigenvalue weighted by Gasteiger charge is 2.62. The monoisotopic (exact) mass is 373 g/mol. The second-order valence-electron chi connectivity index (χ2n) is 10.5. The van der Waals surface area contributed by atoms with Gasteiger partial charge in [0.15, 0.2) is 0 Å². The lowest BCUT2D eigenvalue weighted by Gasteiger charge is -2.56. The molecule has 4 rings (SSSR count). The van der Waals surface area contributed by atoms with Gasteiger partial charge in [-0.2, -0.15) is 0 Å². The Bertz CT molecular complexity index is 655. The third kappa shape index (κ3) is 2.88. The van der Waals surface area contributed by atoms with E-state index in [1.54, 1.807) is 5.57 Å². The summed E-state index contributed by atoms with van der Waals surface area (Å²) in [5, 5.41) is 21.9. The van der Waals surface area contributed by atoms with E-state index in [1.165, 1.54) is 12.0 Å². The van der Waals surface area contributed by atoms with E-state index >= 15 is 0 Å². The molecule has 152 valence electrons. The third-order valence-corrected chi connectivity index (χ3v) is 9.00. The number of aliphatic hydroxyl groups excluding tert-OH is 1. The summed E-state index contributed by atoms with van der Waals surface area (Å²) in [6.07, 6.45) is 13.0. The lowest BCUT2D eigenvalue weighted by Crippen LogP contribution is -2.55. The summed E-state index contributed by atoms with van der Waals surface area (Å²) in [6.45, 7) is 8.88. The predicted octanol–water partition coefficient (Wildman–Crippen LogP) is 4.30. The van der Waals surface area contributed by atoms with E-state index in [-0.39, 0.29) is 16.9 Å². The molecule has 3 nitrogen and oxygen atoms in total. The highest BCUT2D eigenvalue weighted by Crippen LogP contribution is 2.65. The lowest BCUT2D eigenvalue weighted by atomic mass is 9.50. The summed E-state index contributed by atoms with van der Waals surface area (Å²) >= 11 is 0. The maximum atomic E-state index is 11.7. The molecular formula is C24H39NO2. The first kappa shape index (κ1) is 19.7. The molecule has 2 N–H and O–H groups in total. The number of likely N-dealkylation sites (N-methyl/N-ethyl adjacent to an activating group) is 1. The van der Waals surface area contributed by atoms with Crippen LogP contribution in [0, 0.1) is 22.7 Å². The van der Waals surface area contributed by atoms with E-state index in [2.05, 4.69) is 44.9 Å². The summed E-state index contributed by atoms with van der Waals surface area (Å²) in [5.41, 5.74) is 2.73. The van der Waals surface area contributed by atoms with Gasteiger partial charge in [-0.1, -0.05) is 44.1 Å². The fraction of sp³-hybridized carbons (Fsp3) is 0.833. The standard InChI is InChI=1S/C24H39NO2/c1-5-14-25(4)16-24(27)13-10-21-19-7-6-17-15-18(26)8-11-22(17,2)20(19)9-12-23(21,24)3/h6-7,18,20-21,26-27H,5,8-16H2,1-4H3. The van der Waals surface area contributed by atoms with Crippen molar-refractivity contribution in [3.63, 3.8) is 0 Å². The zero-order valence-electron chi connectivity index (χ0n) is 17.8. The molecule has 6 atom stereocenters. The van der Waals surface area contributed by atoms with Crippen molar-refractivity contribution in [1.29, 1.82) is 0 Å². The zero-order chi connectivity index (χ0) is 19.4. The summed E-state index contributed by atoms with van der Waals surface area (Å²) in [4.78, 5) is 2.33. The molecule has 0 heterocycles. The predicted molar refractivity (Wildman–Crippen MR) is 110 cm³/mol. The molecule has 0 aromatic heterocycles. The van der Waals surface area contributed by atoms with Crippen molar-refractivity contribution in [1.82, 2.24) is 4.90 Å². The largest absolute Gasteiger partial charge is 0.393 e. The van der Waals surface area contributed by atoms with Gasteiger partial charge in [-0.3, -0.25) is 0 Å². The summed E-state index contributed by atoms with van der Waals surface area (Å²) < 4.78 is 0. The van der Waals surface area contributed by atoms with E-state index in [1.807, 2.05) is 0 Å². The highest BCUT2D eigenvalue weighted by molar-refractivity contribution is 5.39. The van der Waals surface area contributed by atoms with Crippen molar-refractivity contribution in [2.75, 3.05) is 20.1 Å². The number of hydrogen-bond acceptors (Lipinski definition) is 3. The van der Waals surface area contributed by atoms with Gasteiger partial charge in [-0.25, -0.2) is 0 Å². The molecule has 0 bridgehead atoms. The topological polar surface area (TPSA) is 43.7 Å². The molecule has 6 unspecified atom stereocenters. The molecule has 3 saturated carbocycles. The first-order chi connectivity index (χ1) is 12.7. The van der Waals surface area contributed by atoms with Gasteiger partial charge in [0.2, 0.25) is 0 Å². The molecule has 0 amide bonds. The Morgan fingerprint density at radius 2 is 1.81 bits per heavy atom. The molecule has 0 saturated heterocycles. The van der Waals surface area contributed by atoms with Crippen LogP contribution in [0.3, 0.4) is 0 Å². The van der Waals surface area contributed by atoms with Gasteiger partial charge in [0.25, 0.3) is 0 Å². The number of hydrogen-bond donors (Lipinski definition) is 2. The van der Waals surface area contributed by atoms with E-state index in [0.717, 1.165) is 58.0 Å². The van der Waals surface area contributed by atoms with Crippen molar-refractivity contribution >= 4 is 0 Å². The second-order valence-corrected chi connectivity index (χ2v) is 10.5. The molecule has 0 spiro atoms. The Kier molecular flexibility index (Phi) is 4.89. The second kappa shape index (κ2) is 6.71. The Labute approximate surface area is 165 Å². The molecule has 0 aromatic rings. The first-order valence-corrected chi connectivity index (χ1v) is 11.2. The van der Waals surface area contributed by atoms with Crippen molar-refractivity contribution in [3.8, 4) is 0 Å². The maximum absolute atomic E-state index is 11.7. The van der Waals surface area contributed by atoms with E-state index in [4.69, 9.17) is 0 Å². The number of rotatable bonds is 4. The molecule has 4 aliphatic rings. The molecule has 0 aromatic carbocycles. The van der Waals surface area contributed by atoms with Crippen LogP contribution in [0.15, 0.2) is 23.3 Å². The quantitative estimate of drug-likeness (QED) is 0.772. The maximum Gasteiger partial charge on any atom is 0.0833 e. The van der Waals surface area contributed by atoms with Crippen molar-refractivity contribution in [3.05, 3.63) is 23.3 Å². The van der Waals surface area contributed by atoms with Crippen molar-refractivity contribution in [2.45, 2.75) is 83.8 Å². The van der Waals surface area contributed by atoms with Crippen LogP contribution in [-0.4, -0.2) is 47.0 Å². The fourth-order valence-corrected chi connectivity index (χ4v) is 7.26. The van der Waals surface area contributed by atoms with Crippen LogP contribution in [0.5, 0.6) is 0 Å². The van der Waals surface area contributed by atoms with Crippen LogP contribution < -0.4 is 0 Å². The van der Waals surface area contributed by atoms with Gasteiger partial charge in [-0.05, 0) is 82.2 Å². The average molecular weight is 374 g/mol. The minimum Gasteiger partial charge on any atom is -0.393 e. The Hall–Kier alpha value is -0.640. The molecule has 27 heavy (non-hydrogen) atoms. The van der Waals surface area contributed by atoms with Crippen LogP contribution in [0.4, 0.5) is 0 Å². The molecule has 3 fully saturated rings.